The van der Waals surface area contributed by atoms with E-state index in [0.29, 0.717) is 22.6 Å². The lowest BCUT2D eigenvalue weighted by atomic mass is 10.3. The molecule has 1 heterocycles. The number of sulfonamides is 1. The van der Waals surface area contributed by atoms with Crippen molar-refractivity contribution >= 4 is 39.2 Å². The molecule has 0 saturated heterocycles. The van der Waals surface area contributed by atoms with Crippen LogP contribution in [-0.2, 0) is 10.0 Å². The van der Waals surface area contributed by atoms with Crippen molar-refractivity contribution in [2.45, 2.75) is 36.8 Å². The topological polar surface area (TPSA) is 71.1 Å². The summed E-state index contributed by atoms with van der Waals surface area (Å²) in [5, 5.41) is 3.77. The zero-order valence-electron chi connectivity index (χ0n) is 12.5. The summed E-state index contributed by atoms with van der Waals surface area (Å²) in [7, 11) is -3.56. The van der Waals surface area contributed by atoms with Crippen LogP contribution < -0.4 is 10.0 Å². The van der Waals surface area contributed by atoms with Gasteiger partial charge in [0.1, 0.15) is 10.7 Å². The Morgan fingerprint density at radius 3 is 2.71 bits per heavy atom. The minimum atomic E-state index is -3.56. The van der Waals surface area contributed by atoms with E-state index in [2.05, 4.69) is 21.9 Å². The van der Waals surface area contributed by atoms with Crippen molar-refractivity contribution in [2.75, 3.05) is 24.7 Å². The van der Waals surface area contributed by atoms with Crippen molar-refractivity contribution in [3.63, 3.8) is 0 Å². The molecule has 2 N–H and O–H groups in total. The van der Waals surface area contributed by atoms with Crippen LogP contribution in [0.25, 0.3) is 0 Å². The Hall–Kier alpha value is -0.500. The number of pyridine rings is 1. The number of anilines is 1. The molecule has 8 heteroatoms. The number of hydrogen-bond donors (Lipinski definition) is 2. The zero-order valence-corrected chi connectivity index (χ0v) is 14.9. The maximum absolute atomic E-state index is 12.1. The highest BCUT2D eigenvalue weighted by atomic mass is 35.5. The molecule has 21 heavy (non-hydrogen) atoms. The highest BCUT2D eigenvalue weighted by Gasteiger charge is 2.16. The standard InChI is InChI=1S/C13H22ClN3O2S2/c1-4-6-15-13-12(14)8-11(9-16-13)21(18,19)17-7-5-10(2)20-3/h8-10,17H,4-7H2,1-3H3,(H,15,16). The Balaban J connectivity index is 2.72. The Kier molecular flexibility index (Phi) is 7.79. The lowest BCUT2D eigenvalue weighted by Gasteiger charge is -2.11. The minimum Gasteiger partial charge on any atom is -0.369 e. The van der Waals surface area contributed by atoms with Crippen LogP contribution in [0, 0.1) is 0 Å². The van der Waals surface area contributed by atoms with E-state index in [9.17, 15) is 8.42 Å². The van der Waals surface area contributed by atoms with E-state index in [0.717, 1.165) is 19.4 Å². The van der Waals surface area contributed by atoms with Crippen LogP contribution in [0.1, 0.15) is 26.7 Å². The average molecular weight is 352 g/mol. The molecule has 0 amide bonds. The molecular formula is C13H22ClN3O2S2. The van der Waals surface area contributed by atoms with Crippen molar-refractivity contribution in [3.8, 4) is 0 Å². The third-order valence-electron chi connectivity index (χ3n) is 2.91. The van der Waals surface area contributed by atoms with Gasteiger partial charge in [-0.3, -0.25) is 0 Å². The third-order valence-corrected chi connectivity index (χ3v) is 5.67. The Morgan fingerprint density at radius 2 is 2.14 bits per heavy atom. The molecule has 0 aromatic carbocycles. The zero-order chi connectivity index (χ0) is 15.9. The fourth-order valence-corrected chi connectivity index (χ4v) is 3.21. The van der Waals surface area contributed by atoms with Crippen LogP contribution in [0.2, 0.25) is 5.02 Å². The molecule has 1 unspecified atom stereocenters. The van der Waals surface area contributed by atoms with Gasteiger partial charge in [-0.15, -0.1) is 0 Å². The SMILES string of the molecule is CCCNc1ncc(S(=O)(=O)NCCC(C)SC)cc1Cl. The van der Waals surface area contributed by atoms with Crippen molar-refractivity contribution in [1.82, 2.24) is 9.71 Å². The molecule has 1 aromatic heterocycles. The van der Waals surface area contributed by atoms with Gasteiger partial charge in [-0.25, -0.2) is 18.1 Å². The van der Waals surface area contributed by atoms with Gasteiger partial charge in [-0.1, -0.05) is 25.4 Å². The summed E-state index contributed by atoms with van der Waals surface area (Å²) in [6, 6.07) is 1.42. The van der Waals surface area contributed by atoms with Gasteiger partial charge in [-0.2, -0.15) is 11.8 Å². The fourth-order valence-electron chi connectivity index (χ4n) is 1.54. The highest BCUT2D eigenvalue weighted by Crippen LogP contribution is 2.22. The van der Waals surface area contributed by atoms with Crippen molar-refractivity contribution in [2.24, 2.45) is 0 Å². The summed E-state index contributed by atoms with van der Waals surface area (Å²) in [6.45, 7) is 5.23. The predicted octanol–water partition coefficient (Wildman–Crippen LogP) is 2.98. The largest absolute Gasteiger partial charge is 0.369 e. The molecule has 0 saturated carbocycles. The number of halogens is 1. The summed E-state index contributed by atoms with van der Waals surface area (Å²) in [5.74, 6) is 0.508. The Morgan fingerprint density at radius 1 is 1.43 bits per heavy atom. The molecule has 0 aliphatic heterocycles. The van der Waals surface area contributed by atoms with Crippen LogP contribution in [0.4, 0.5) is 5.82 Å². The van der Waals surface area contributed by atoms with Gasteiger partial charge in [0.25, 0.3) is 0 Å². The van der Waals surface area contributed by atoms with E-state index in [4.69, 9.17) is 11.6 Å². The van der Waals surface area contributed by atoms with Gasteiger partial charge < -0.3 is 5.32 Å². The maximum Gasteiger partial charge on any atom is 0.242 e. The van der Waals surface area contributed by atoms with Gasteiger partial charge in [-0.05, 0) is 25.2 Å². The van der Waals surface area contributed by atoms with Gasteiger partial charge >= 0.3 is 0 Å². The van der Waals surface area contributed by atoms with Crippen LogP contribution in [0.15, 0.2) is 17.2 Å². The average Bonchev–Trinajstić information content (AvgIpc) is 2.45. The first-order chi connectivity index (χ1) is 9.90. The molecule has 0 radical (unpaired) electrons. The summed E-state index contributed by atoms with van der Waals surface area (Å²) in [5.41, 5.74) is 0. The van der Waals surface area contributed by atoms with E-state index < -0.39 is 10.0 Å². The van der Waals surface area contributed by atoms with Crippen molar-refractivity contribution in [1.29, 1.82) is 0 Å². The van der Waals surface area contributed by atoms with Crippen molar-refractivity contribution < 1.29 is 8.42 Å². The van der Waals surface area contributed by atoms with E-state index >= 15 is 0 Å². The molecule has 0 spiro atoms. The lowest BCUT2D eigenvalue weighted by molar-refractivity contribution is 0.578. The van der Waals surface area contributed by atoms with Gasteiger partial charge in [0.2, 0.25) is 10.0 Å². The number of thioether (sulfide) groups is 1. The van der Waals surface area contributed by atoms with Gasteiger partial charge in [0.15, 0.2) is 0 Å². The van der Waals surface area contributed by atoms with Crippen LogP contribution in [0.3, 0.4) is 0 Å². The first-order valence-electron chi connectivity index (χ1n) is 6.82. The van der Waals surface area contributed by atoms with Gasteiger partial charge in [0, 0.05) is 24.5 Å². The van der Waals surface area contributed by atoms with Crippen LogP contribution >= 0.6 is 23.4 Å². The van der Waals surface area contributed by atoms with Crippen LogP contribution in [-0.4, -0.2) is 38.0 Å². The summed E-state index contributed by atoms with van der Waals surface area (Å²) >= 11 is 7.76. The fraction of sp³-hybridized carbons (Fsp3) is 0.615. The second-order valence-electron chi connectivity index (χ2n) is 4.66. The van der Waals surface area contributed by atoms with E-state index in [-0.39, 0.29) is 4.90 Å². The number of nitrogens with zero attached hydrogens (tertiary/aromatic N) is 1. The minimum absolute atomic E-state index is 0.0892. The smallest absolute Gasteiger partial charge is 0.242 e. The molecule has 1 aromatic rings. The third kappa shape index (κ3) is 6.02. The van der Waals surface area contributed by atoms with E-state index in [1.807, 2.05) is 13.2 Å². The first-order valence-corrected chi connectivity index (χ1v) is 9.97. The maximum atomic E-state index is 12.1. The lowest BCUT2D eigenvalue weighted by Crippen LogP contribution is -2.26. The van der Waals surface area contributed by atoms with E-state index in [1.165, 1.54) is 12.3 Å². The molecule has 0 aliphatic carbocycles. The monoisotopic (exact) mass is 351 g/mol. The molecular weight excluding hydrogens is 330 g/mol. The molecule has 120 valence electrons. The number of nitrogens with one attached hydrogen (secondary N) is 2. The summed E-state index contributed by atoms with van der Waals surface area (Å²) in [6.07, 6.45) is 5.04. The molecule has 0 bridgehead atoms. The molecule has 0 fully saturated rings. The predicted molar refractivity (Wildman–Crippen MR) is 90.8 cm³/mol. The summed E-state index contributed by atoms with van der Waals surface area (Å²) in [4.78, 5) is 4.16. The second-order valence-corrected chi connectivity index (χ2v) is 8.11. The first kappa shape index (κ1) is 18.5. The van der Waals surface area contributed by atoms with E-state index in [1.54, 1.807) is 11.8 Å². The highest BCUT2D eigenvalue weighted by molar-refractivity contribution is 7.99. The second kappa shape index (κ2) is 8.82. The molecule has 0 aliphatic rings. The normalized spacial score (nSPS) is 13.1. The Labute approximate surface area is 136 Å². The molecule has 1 atom stereocenters. The number of rotatable bonds is 9. The quantitative estimate of drug-likeness (QED) is 0.715. The molecule has 1 rings (SSSR count). The van der Waals surface area contributed by atoms with Crippen LogP contribution in [0.5, 0.6) is 0 Å². The van der Waals surface area contributed by atoms with Gasteiger partial charge in [0.05, 0.1) is 5.02 Å². The Bertz CT molecular complexity index is 552. The molecule has 5 nitrogen and oxygen atoms in total. The summed E-state index contributed by atoms with van der Waals surface area (Å²) < 4.78 is 26.9. The van der Waals surface area contributed by atoms with Crippen molar-refractivity contribution in [3.05, 3.63) is 17.3 Å². The number of hydrogen-bond acceptors (Lipinski definition) is 5. The number of aromatic nitrogens is 1.